The highest BCUT2D eigenvalue weighted by atomic mass is 16.5. The van der Waals surface area contributed by atoms with Crippen molar-refractivity contribution in [2.24, 2.45) is 5.92 Å². The molecule has 1 aromatic carbocycles. The Balaban J connectivity index is 1.45. The zero-order valence-corrected chi connectivity index (χ0v) is 16.2. The molecular weight excluding hydrogens is 368 g/mol. The zero-order chi connectivity index (χ0) is 20.0. The molecule has 0 unspecified atom stereocenters. The number of methoxy groups -OCH3 is 1. The van der Waals surface area contributed by atoms with Crippen LogP contribution in [0, 0.1) is 5.92 Å². The molecule has 2 aliphatic heterocycles. The number of rotatable bonds is 3. The lowest BCUT2D eigenvalue weighted by Crippen LogP contribution is -2.49. The quantitative estimate of drug-likeness (QED) is 0.688. The van der Waals surface area contributed by atoms with E-state index in [1.807, 2.05) is 46.0 Å². The van der Waals surface area contributed by atoms with Gasteiger partial charge in [-0.05, 0) is 42.7 Å². The van der Waals surface area contributed by atoms with Crippen LogP contribution < -0.4 is 10.3 Å². The summed E-state index contributed by atoms with van der Waals surface area (Å²) in [5.74, 6) is 1.16. The summed E-state index contributed by atoms with van der Waals surface area (Å²) in [6, 6.07) is 12.7. The Bertz CT molecular complexity index is 1120. The molecule has 0 radical (unpaired) electrons. The summed E-state index contributed by atoms with van der Waals surface area (Å²) in [5, 5.41) is 4.27. The lowest BCUT2D eigenvalue weighted by atomic mass is 9.83. The van der Waals surface area contributed by atoms with Gasteiger partial charge in [0, 0.05) is 55.3 Å². The molecule has 3 aromatic rings. The Morgan fingerprint density at radius 1 is 1.14 bits per heavy atom. The Kier molecular flexibility index (Phi) is 4.23. The van der Waals surface area contributed by atoms with E-state index in [0.717, 1.165) is 17.8 Å². The molecule has 0 spiro atoms. The van der Waals surface area contributed by atoms with E-state index < -0.39 is 0 Å². The molecule has 7 nitrogen and oxygen atoms in total. The first-order chi connectivity index (χ1) is 14.1. The van der Waals surface area contributed by atoms with Gasteiger partial charge in [-0.3, -0.25) is 9.59 Å². The first-order valence-corrected chi connectivity index (χ1v) is 9.81. The van der Waals surface area contributed by atoms with Crippen molar-refractivity contribution in [3.63, 3.8) is 0 Å². The summed E-state index contributed by atoms with van der Waals surface area (Å²) < 4.78 is 9.02. The normalized spacial score (nSPS) is 20.2. The van der Waals surface area contributed by atoms with Crippen molar-refractivity contribution in [3.8, 4) is 11.4 Å². The number of pyridine rings is 1. The van der Waals surface area contributed by atoms with E-state index in [1.54, 1.807) is 30.1 Å². The average molecular weight is 390 g/mol. The van der Waals surface area contributed by atoms with E-state index >= 15 is 0 Å². The Labute approximate surface area is 168 Å². The van der Waals surface area contributed by atoms with Gasteiger partial charge in [0.2, 0.25) is 0 Å². The van der Waals surface area contributed by atoms with Crippen LogP contribution in [0.15, 0.2) is 59.7 Å². The third-order valence-corrected chi connectivity index (χ3v) is 5.94. The maximum Gasteiger partial charge on any atom is 0.253 e. The van der Waals surface area contributed by atoms with Crippen LogP contribution in [-0.2, 0) is 6.54 Å². The standard InChI is InChI=1S/C22H22N4O3/c1-29-20-7-6-16(11-19(20)26-9-3-8-23-26)22(28)24-12-15-10-17(14-24)18-4-2-5-21(27)25(18)13-15/h2-9,11,15,17H,10,12-14H2,1H3/t15-,17-/m1/s1. The van der Waals surface area contributed by atoms with Crippen molar-refractivity contribution < 1.29 is 9.53 Å². The topological polar surface area (TPSA) is 69.4 Å². The fraction of sp³-hybridized carbons (Fsp3) is 0.318. The predicted molar refractivity (Wildman–Crippen MR) is 108 cm³/mol. The van der Waals surface area contributed by atoms with Crippen LogP contribution in [0.25, 0.3) is 5.69 Å². The molecule has 148 valence electrons. The number of benzene rings is 1. The van der Waals surface area contributed by atoms with Crippen molar-refractivity contribution in [2.75, 3.05) is 20.2 Å². The second-order valence-electron chi connectivity index (χ2n) is 7.75. The van der Waals surface area contributed by atoms with Crippen LogP contribution in [0.1, 0.15) is 28.4 Å². The Morgan fingerprint density at radius 2 is 2.03 bits per heavy atom. The van der Waals surface area contributed by atoms with Crippen LogP contribution in [0.2, 0.25) is 0 Å². The number of ether oxygens (including phenoxy) is 1. The van der Waals surface area contributed by atoms with Crippen molar-refractivity contribution >= 4 is 5.91 Å². The Hall–Kier alpha value is -3.35. The molecule has 0 saturated carbocycles. The Morgan fingerprint density at radius 3 is 2.83 bits per heavy atom. The van der Waals surface area contributed by atoms with Crippen LogP contribution >= 0.6 is 0 Å². The molecular formula is C22H22N4O3. The minimum Gasteiger partial charge on any atom is -0.494 e. The van der Waals surface area contributed by atoms with Crippen LogP contribution in [0.3, 0.4) is 0 Å². The number of hydrogen-bond donors (Lipinski definition) is 0. The molecule has 0 aliphatic carbocycles. The zero-order valence-electron chi connectivity index (χ0n) is 16.2. The van der Waals surface area contributed by atoms with Crippen LogP contribution in [0.4, 0.5) is 0 Å². The van der Waals surface area contributed by atoms with E-state index in [0.29, 0.717) is 36.9 Å². The number of likely N-dealkylation sites (tertiary alicyclic amines) is 1. The van der Waals surface area contributed by atoms with Gasteiger partial charge in [-0.2, -0.15) is 5.10 Å². The van der Waals surface area contributed by atoms with Gasteiger partial charge in [-0.1, -0.05) is 6.07 Å². The third kappa shape index (κ3) is 3.03. The second-order valence-corrected chi connectivity index (χ2v) is 7.75. The molecule has 1 amide bonds. The molecule has 4 heterocycles. The number of hydrogen-bond acceptors (Lipinski definition) is 4. The van der Waals surface area contributed by atoms with Crippen molar-refractivity contribution in [1.82, 2.24) is 19.2 Å². The summed E-state index contributed by atoms with van der Waals surface area (Å²) in [6.07, 6.45) is 4.54. The second kappa shape index (κ2) is 6.92. The molecule has 1 fully saturated rings. The van der Waals surface area contributed by atoms with Gasteiger partial charge in [-0.25, -0.2) is 4.68 Å². The van der Waals surface area contributed by atoms with E-state index in [4.69, 9.17) is 4.74 Å². The van der Waals surface area contributed by atoms with Crippen molar-refractivity contribution in [3.05, 3.63) is 76.5 Å². The lowest BCUT2D eigenvalue weighted by molar-refractivity contribution is 0.0594. The predicted octanol–water partition coefficient (Wildman–Crippen LogP) is 2.30. The number of amides is 1. The smallest absolute Gasteiger partial charge is 0.253 e. The van der Waals surface area contributed by atoms with Gasteiger partial charge in [-0.15, -0.1) is 0 Å². The fourth-order valence-corrected chi connectivity index (χ4v) is 4.66. The third-order valence-electron chi connectivity index (χ3n) is 5.94. The minimum atomic E-state index is 0.00230. The summed E-state index contributed by atoms with van der Waals surface area (Å²) in [4.78, 5) is 27.4. The van der Waals surface area contributed by atoms with Gasteiger partial charge in [0.1, 0.15) is 11.4 Å². The molecule has 2 aliphatic rings. The highest BCUT2D eigenvalue weighted by molar-refractivity contribution is 5.95. The summed E-state index contributed by atoms with van der Waals surface area (Å²) in [7, 11) is 1.61. The van der Waals surface area contributed by atoms with E-state index in [2.05, 4.69) is 5.10 Å². The average Bonchev–Trinajstić information content (AvgIpc) is 3.28. The SMILES string of the molecule is COc1ccc(C(=O)N2C[C@H]3C[C@H](C2)c2cccc(=O)n2C3)cc1-n1cccn1. The maximum absolute atomic E-state index is 13.3. The van der Waals surface area contributed by atoms with Gasteiger partial charge < -0.3 is 14.2 Å². The molecule has 29 heavy (non-hydrogen) atoms. The number of carbonyl (C=O) groups is 1. The molecule has 2 atom stereocenters. The van der Waals surface area contributed by atoms with E-state index in [-0.39, 0.29) is 17.4 Å². The van der Waals surface area contributed by atoms with Crippen LogP contribution in [-0.4, -0.2) is 45.4 Å². The summed E-state index contributed by atoms with van der Waals surface area (Å²) in [6.45, 7) is 1.97. The highest BCUT2D eigenvalue weighted by Gasteiger charge is 2.36. The number of fused-ring (bicyclic) bond motifs is 4. The first kappa shape index (κ1) is 17.7. The van der Waals surface area contributed by atoms with Gasteiger partial charge in [0.15, 0.2) is 0 Å². The molecule has 5 rings (SSSR count). The monoisotopic (exact) mass is 390 g/mol. The number of nitrogens with zero attached hydrogens (tertiary/aromatic N) is 4. The maximum atomic E-state index is 13.3. The summed E-state index contributed by atoms with van der Waals surface area (Å²) >= 11 is 0. The number of piperidine rings is 1. The van der Waals surface area contributed by atoms with Gasteiger partial charge >= 0.3 is 0 Å². The lowest BCUT2D eigenvalue weighted by Gasteiger charge is -2.42. The van der Waals surface area contributed by atoms with Gasteiger partial charge in [0.05, 0.1) is 7.11 Å². The molecule has 0 N–H and O–H groups in total. The van der Waals surface area contributed by atoms with E-state index in [1.165, 1.54) is 0 Å². The molecule has 2 bridgehead atoms. The van der Waals surface area contributed by atoms with Crippen molar-refractivity contribution in [2.45, 2.75) is 18.9 Å². The minimum absolute atomic E-state index is 0.00230. The highest BCUT2D eigenvalue weighted by Crippen LogP contribution is 2.35. The molecule has 7 heteroatoms. The van der Waals surface area contributed by atoms with Crippen LogP contribution in [0.5, 0.6) is 5.75 Å². The summed E-state index contributed by atoms with van der Waals surface area (Å²) in [5.41, 5.74) is 2.44. The number of aromatic nitrogens is 3. The molecule has 1 saturated heterocycles. The molecule has 2 aromatic heterocycles. The fourth-order valence-electron chi connectivity index (χ4n) is 4.66. The van der Waals surface area contributed by atoms with E-state index in [9.17, 15) is 9.59 Å². The largest absolute Gasteiger partial charge is 0.494 e. The van der Waals surface area contributed by atoms with Gasteiger partial charge in [0.25, 0.3) is 11.5 Å². The number of carbonyl (C=O) groups excluding carboxylic acids is 1. The first-order valence-electron chi connectivity index (χ1n) is 9.81. The van der Waals surface area contributed by atoms with Crippen molar-refractivity contribution in [1.29, 1.82) is 0 Å².